The Kier molecular flexibility index (Phi) is 4.62. The van der Waals surface area contributed by atoms with Crippen molar-refractivity contribution in [3.63, 3.8) is 0 Å². The molecule has 0 spiro atoms. The van der Waals surface area contributed by atoms with E-state index >= 15 is 0 Å². The number of piperidine rings is 1. The molecule has 4 rings (SSSR count). The fourth-order valence-electron chi connectivity index (χ4n) is 3.27. The molecule has 1 fully saturated rings. The van der Waals surface area contributed by atoms with Gasteiger partial charge in [-0.15, -0.1) is 11.3 Å². The summed E-state index contributed by atoms with van der Waals surface area (Å²) in [5.74, 6) is 1.47. The molecule has 0 amide bonds. The molecule has 24 heavy (non-hydrogen) atoms. The van der Waals surface area contributed by atoms with Gasteiger partial charge in [0.2, 0.25) is 0 Å². The van der Waals surface area contributed by atoms with Crippen LogP contribution in [0.3, 0.4) is 0 Å². The summed E-state index contributed by atoms with van der Waals surface area (Å²) >= 11 is 1.74. The first kappa shape index (κ1) is 15.4. The number of likely N-dealkylation sites (tertiary alicyclic amines) is 1. The van der Waals surface area contributed by atoms with Gasteiger partial charge in [-0.1, -0.05) is 0 Å². The number of aromatic amines is 1. The van der Waals surface area contributed by atoms with E-state index in [9.17, 15) is 0 Å². The minimum Gasteiger partial charge on any atom is -0.343 e. The highest BCUT2D eigenvalue weighted by atomic mass is 32.1. The van der Waals surface area contributed by atoms with E-state index in [1.807, 2.05) is 17.9 Å². The van der Waals surface area contributed by atoms with Crippen LogP contribution in [0.4, 0.5) is 0 Å². The third kappa shape index (κ3) is 3.52. The summed E-state index contributed by atoms with van der Waals surface area (Å²) in [6, 6.07) is 0. The van der Waals surface area contributed by atoms with Crippen molar-refractivity contribution in [1.29, 1.82) is 0 Å². The summed E-state index contributed by atoms with van der Waals surface area (Å²) < 4.78 is 0. The molecule has 1 saturated heterocycles. The predicted octanol–water partition coefficient (Wildman–Crippen LogP) is 2.78. The van der Waals surface area contributed by atoms with E-state index in [0.29, 0.717) is 5.92 Å². The van der Waals surface area contributed by atoms with Crippen LogP contribution in [0.25, 0.3) is 11.5 Å². The zero-order valence-corrected chi connectivity index (χ0v) is 14.2. The lowest BCUT2D eigenvalue weighted by Gasteiger charge is -2.31. The van der Waals surface area contributed by atoms with E-state index in [-0.39, 0.29) is 0 Å². The fourth-order valence-corrected chi connectivity index (χ4v) is 3.91. The zero-order valence-electron chi connectivity index (χ0n) is 13.4. The van der Waals surface area contributed by atoms with Gasteiger partial charge in [0.05, 0.1) is 11.2 Å². The van der Waals surface area contributed by atoms with Crippen molar-refractivity contribution in [2.45, 2.75) is 25.8 Å². The molecule has 6 nitrogen and oxygen atoms in total. The standard InChI is InChI=1S/C17H20N6S/c1-7-23(11-14-10-18-12-24-14)8-2-13(1)9-15-16(20-4-3-19-15)17-21-5-6-22-17/h3-6,10,12-13H,1-2,7-9,11H2,(H,21,22). The number of H-pyrrole nitrogens is 1. The number of aromatic nitrogens is 5. The predicted molar refractivity (Wildman–Crippen MR) is 93.4 cm³/mol. The highest BCUT2D eigenvalue weighted by Crippen LogP contribution is 2.25. The van der Waals surface area contributed by atoms with Gasteiger partial charge in [0.15, 0.2) is 5.82 Å². The van der Waals surface area contributed by atoms with E-state index < -0.39 is 0 Å². The van der Waals surface area contributed by atoms with Crippen molar-refractivity contribution in [3.8, 4) is 11.5 Å². The minimum absolute atomic E-state index is 0.660. The maximum absolute atomic E-state index is 4.57. The molecular weight excluding hydrogens is 320 g/mol. The molecule has 3 aromatic heterocycles. The van der Waals surface area contributed by atoms with Gasteiger partial charge in [-0.2, -0.15) is 0 Å². The number of thiazole rings is 1. The summed E-state index contributed by atoms with van der Waals surface area (Å²) in [5, 5.41) is 0. The molecule has 1 aliphatic rings. The molecule has 4 heterocycles. The van der Waals surface area contributed by atoms with Gasteiger partial charge in [0, 0.05) is 42.4 Å². The highest BCUT2D eigenvalue weighted by Gasteiger charge is 2.22. The summed E-state index contributed by atoms with van der Waals surface area (Å²) in [7, 11) is 0. The van der Waals surface area contributed by atoms with Crippen LogP contribution in [0.15, 0.2) is 36.5 Å². The molecule has 0 aromatic carbocycles. The number of hydrogen-bond donors (Lipinski definition) is 1. The Bertz CT molecular complexity index is 747. The molecule has 1 aliphatic heterocycles. The Labute approximate surface area is 145 Å². The van der Waals surface area contributed by atoms with Crippen molar-refractivity contribution in [3.05, 3.63) is 47.1 Å². The molecule has 7 heteroatoms. The molecule has 0 unspecified atom stereocenters. The lowest BCUT2D eigenvalue weighted by atomic mass is 9.91. The van der Waals surface area contributed by atoms with E-state index in [2.05, 4.69) is 29.8 Å². The van der Waals surface area contributed by atoms with Crippen LogP contribution < -0.4 is 0 Å². The van der Waals surface area contributed by atoms with Crippen LogP contribution in [0.5, 0.6) is 0 Å². The first-order chi connectivity index (χ1) is 11.9. The Hall–Kier alpha value is -2.12. The second-order valence-corrected chi connectivity index (χ2v) is 7.15. The quantitative estimate of drug-likeness (QED) is 0.773. The maximum atomic E-state index is 4.57. The minimum atomic E-state index is 0.660. The monoisotopic (exact) mass is 340 g/mol. The second-order valence-electron chi connectivity index (χ2n) is 6.18. The van der Waals surface area contributed by atoms with Crippen molar-refractivity contribution in [2.24, 2.45) is 5.92 Å². The van der Waals surface area contributed by atoms with Crippen LogP contribution >= 0.6 is 11.3 Å². The molecule has 0 aliphatic carbocycles. The Balaban J connectivity index is 1.38. The first-order valence-electron chi connectivity index (χ1n) is 8.28. The Morgan fingerprint density at radius 3 is 2.75 bits per heavy atom. The van der Waals surface area contributed by atoms with Crippen LogP contribution in [0.2, 0.25) is 0 Å². The van der Waals surface area contributed by atoms with Gasteiger partial charge in [-0.3, -0.25) is 14.9 Å². The number of nitrogens with one attached hydrogen (secondary N) is 1. The zero-order chi connectivity index (χ0) is 16.2. The molecule has 124 valence electrons. The number of hydrogen-bond acceptors (Lipinski definition) is 6. The van der Waals surface area contributed by atoms with Gasteiger partial charge < -0.3 is 4.98 Å². The number of rotatable bonds is 5. The first-order valence-corrected chi connectivity index (χ1v) is 9.16. The third-order valence-electron chi connectivity index (χ3n) is 4.55. The normalized spacial score (nSPS) is 16.5. The van der Waals surface area contributed by atoms with Crippen molar-refractivity contribution >= 4 is 11.3 Å². The maximum Gasteiger partial charge on any atom is 0.157 e. The summed E-state index contributed by atoms with van der Waals surface area (Å²) in [6.45, 7) is 3.30. The lowest BCUT2D eigenvalue weighted by Crippen LogP contribution is -2.33. The van der Waals surface area contributed by atoms with E-state index in [0.717, 1.165) is 43.3 Å². The average Bonchev–Trinajstić information content (AvgIpc) is 3.31. The van der Waals surface area contributed by atoms with Gasteiger partial charge in [0.1, 0.15) is 5.69 Å². The summed E-state index contributed by atoms with van der Waals surface area (Å²) in [6.07, 6.45) is 12.4. The van der Waals surface area contributed by atoms with Gasteiger partial charge in [-0.05, 0) is 38.3 Å². The number of nitrogens with zero attached hydrogens (tertiary/aromatic N) is 5. The second kappa shape index (κ2) is 7.19. The van der Waals surface area contributed by atoms with E-state index in [1.165, 1.54) is 17.7 Å². The van der Waals surface area contributed by atoms with Crippen molar-refractivity contribution in [1.82, 2.24) is 29.8 Å². The highest BCUT2D eigenvalue weighted by molar-refractivity contribution is 7.09. The molecule has 0 radical (unpaired) electrons. The topological polar surface area (TPSA) is 70.6 Å². The molecule has 1 N–H and O–H groups in total. The molecule has 0 saturated carbocycles. The fraction of sp³-hybridized carbons (Fsp3) is 0.412. The van der Waals surface area contributed by atoms with E-state index in [1.54, 1.807) is 29.9 Å². The van der Waals surface area contributed by atoms with Gasteiger partial charge in [0.25, 0.3) is 0 Å². The smallest absolute Gasteiger partial charge is 0.157 e. The largest absolute Gasteiger partial charge is 0.343 e. The summed E-state index contributed by atoms with van der Waals surface area (Å²) in [4.78, 5) is 24.5. The molecular formula is C17H20N6S. The molecule has 0 atom stereocenters. The van der Waals surface area contributed by atoms with Gasteiger partial charge in [-0.25, -0.2) is 9.97 Å². The lowest BCUT2D eigenvalue weighted by molar-refractivity contribution is 0.178. The van der Waals surface area contributed by atoms with Gasteiger partial charge >= 0.3 is 0 Å². The van der Waals surface area contributed by atoms with Crippen LogP contribution in [0, 0.1) is 5.92 Å². The third-order valence-corrected chi connectivity index (χ3v) is 5.31. The van der Waals surface area contributed by atoms with E-state index in [4.69, 9.17) is 0 Å². The summed E-state index contributed by atoms with van der Waals surface area (Å²) in [5.41, 5.74) is 3.84. The van der Waals surface area contributed by atoms with Crippen molar-refractivity contribution < 1.29 is 0 Å². The SMILES string of the molecule is c1c[nH]c(-c2nccnc2CC2CCN(Cc3cncs3)CC2)n1. The average molecular weight is 340 g/mol. The van der Waals surface area contributed by atoms with Crippen molar-refractivity contribution in [2.75, 3.05) is 13.1 Å². The Morgan fingerprint density at radius 2 is 2.00 bits per heavy atom. The molecule has 0 bridgehead atoms. The molecule has 3 aromatic rings. The van der Waals surface area contributed by atoms with Crippen LogP contribution in [-0.4, -0.2) is 42.9 Å². The van der Waals surface area contributed by atoms with Crippen LogP contribution in [-0.2, 0) is 13.0 Å². The number of imidazole rings is 1. The van der Waals surface area contributed by atoms with Crippen LogP contribution in [0.1, 0.15) is 23.4 Å². The Morgan fingerprint density at radius 1 is 1.12 bits per heavy atom.